The second-order valence-electron chi connectivity index (χ2n) is 4.34. The third kappa shape index (κ3) is 4.18. The van der Waals surface area contributed by atoms with Crippen LogP contribution in [0.25, 0.3) is 0 Å². The number of nitrogens with zero attached hydrogens (tertiary/aromatic N) is 1. The SMILES string of the molecule is CCCC(CCC)Nc1ccc([N+](=O)[O-])cc1Cl. The van der Waals surface area contributed by atoms with Crippen LogP contribution in [0.5, 0.6) is 0 Å². The van der Waals surface area contributed by atoms with Crippen LogP contribution in [0.4, 0.5) is 11.4 Å². The summed E-state index contributed by atoms with van der Waals surface area (Å²) in [5, 5.41) is 14.4. The van der Waals surface area contributed by atoms with E-state index in [2.05, 4.69) is 19.2 Å². The van der Waals surface area contributed by atoms with Crippen LogP contribution in [-0.4, -0.2) is 11.0 Å². The van der Waals surface area contributed by atoms with Gasteiger partial charge in [0.25, 0.3) is 5.69 Å². The molecule has 0 aliphatic heterocycles. The van der Waals surface area contributed by atoms with E-state index in [9.17, 15) is 10.1 Å². The van der Waals surface area contributed by atoms with Crippen molar-refractivity contribution in [1.82, 2.24) is 0 Å². The molecule has 0 unspecified atom stereocenters. The highest BCUT2D eigenvalue weighted by atomic mass is 35.5. The lowest BCUT2D eigenvalue weighted by Crippen LogP contribution is -2.19. The van der Waals surface area contributed by atoms with Gasteiger partial charge in [-0.1, -0.05) is 38.3 Å². The molecule has 0 saturated carbocycles. The maximum atomic E-state index is 10.6. The summed E-state index contributed by atoms with van der Waals surface area (Å²) in [5.41, 5.74) is 0.794. The summed E-state index contributed by atoms with van der Waals surface area (Å²) in [6.07, 6.45) is 4.34. The summed E-state index contributed by atoms with van der Waals surface area (Å²) in [6.45, 7) is 4.28. The van der Waals surface area contributed by atoms with E-state index in [-0.39, 0.29) is 5.69 Å². The highest BCUT2D eigenvalue weighted by Gasteiger charge is 2.12. The number of anilines is 1. The largest absolute Gasteiger partial charge is 0.381 e. The van der Waals surface area contributed by atoms with Crippen LogP contribution in [0, 0.1) is 10.1 Å². The number of hydrogen-bond acceptors (Lipinski definition) is 3. The van der Waals surface area contributed by atoms with E-state index >= 15 is 0 Å². The van der Waals surface area contributed by atoms with E-state index in [4.69, 9.17) is 11.6 Å². The molecule has 0 spiro atoms. The van der Waals surface area contributed by atoms with Crippen molar-refractivity contribution in [2.75, 3.05) is 5.32 Å². The molecule has 0 fully saturated rings. The molecule has 1 rings (SSSR count). The Morgan fingerprint density at radius 3 is 2.39 bits per heavy atom. The molecule has 1 N–H and O–H groups in total. The van der Waals surface area contributed by atoms with Gasteiger partial charge < -0.3 is 5.32 Å². The summed E-state index contributed by atoms with van der Waals surface area (Å²) >= 11 is 6.05. The number of nitro benzene ring substituents is 1. The molecule has 0 heterocycles. The molecule has 4 nitrogen and oxygen atoms in total. The third-order valence-electron chi connectivity index (χ3n) is 2.80. The van der Waals surface area contributed by atoms with Crippen LogP contribution < -0.4 is 5.32 Å². The van der Waals surface area contributed by atoms with E-state index in [1.807, 2.05) is 0 Å². The first-order chi connectivity index (χ1) is 8.58. The molecule has 0 aliphatic rings. The van der Waals surface area contributed by atoms with Crippen LogP contribution in [0.2, 0.25) is 5.02 Å². The lowest BCUT2D eigenvalue weighted by atomic mass is 10.1. The van der Waals surface area contributed by atoms with Crippen molar-refractivity contribution < 1.29 is 4.92 Å². The van der Waals surface area contributed by atoms with Gasteiger partial charge in [-0.05, 0) is 18.9 Å². The van der Waals surface area contributed by atoms with Gasteiger partial charge >= 0.3 is 0 Å². The summed E-state index contributed by atoms with van der Waals surface area (Å²) in [5.74, 6) is 0. The van der Waals surface area contributed by atoms with Gasteiger partial charge in [0, 0.05) is 18.2 Å². The quantitative estimate of drug-likeness (QED) is 0.580. The Kier molecular flexibility index (Phi) is 5.92. The Bertz CT molecular complexity index is 404. The lowest BCUT2D eigenvalue weighted by molar-refractivity contribution is -0.384. The molecule has 0 amide bonds. The van der Waals surface area contributed by atoms with Crippen LogP contribution in [-0.2, 0) is 0 Å². The first kappa shape index (κ1) is 14.8. The molecule has 0 atom stereocenters. The van der Waals surface area contributed by atoms with Gasteiger partial charge in [0.1, 0.15) is 0 Å². The molecule has 5 heteroatoms. The second kappa shape index (κ2) is 7.21. The third-order valence-corrected chi connectivity index (χ3v) is 3.11. The standard InChI is InChI=1S/C13H19ClN2O2/c1-3-5-10(6-4-2)15-13-8-7-11(16(17)18)9-12(13)14/h7-10,15H,3-6H2,1-2H3. The van der Waals surface area contributed by atoms with Crippen molar-refractivity contribution in [3.05, 3.63) is 33.3 Å². The number of nitrogens with one attached hydrogen (secondary N) is 1. The first-order valence-corrected chi connectivity index (χ1v) is 6.66. The minimum absolute atomic E-state index is 0.0214. The average Bonchev–Trinajstić information content (AvgIpc) is 2.32. The lowest BCUT2D eigenvalue weighted by Gasteiger charge is -2.19. The number of hydrogen-bond donors (Lipinski definition) is 1. The molecule has 18 heavy (non-hydrogen) atoms. The van der Waals surface area contributed by atoms with Gasteiger partial charge in [0.15, 0.2) is 0 Å². The van der Waals surface area contributed by atoms with Crippen LogP contribution in [0.15, 0.2) is 18.2 Å². The molecule has 0 bridgehead atoms. The topological polar surface area (TPSA) is 55.2 Å². The van der Waals surface area contributed by atoms with E-state index in [0.717, 1.165) is 31.4 Å². The van der Waals surface area contributed by atoms with Crippen molar-refractivity contribution in [3.8, 4) is 0 Å². The minimum Gasteiger partial charge on any atom is -0.381 e. The van der Waals surface area contributed by atoms with Gasteiger partial charge in [0.05, 0.1) is 15.6 Å². The fourth-order valence-electron chi connectivity index (χ4n) is 1.94. The van der Waals surface area contributed by atoms with E-state index in [1.165, 1.54) is 12.1 Å². The van der Waals surface area contributed by atoms with Crippen molar-refractivity contribution in [3.63, 3.8) is 0 Å². The Hall–Kier alpha value is -1.29. The fraction of sp³-hybridized carbons (Fsp3) is 0.538. The molecule has 0 radical (unpaired) electrons. The zero-order valence-corrected chi connectivity index (χ0v) is 11.5. The van der Waals surface area contributed by atoms with E-state index < -0.39 is 4.92 Å². The van der Waals surface area contributed by atoms with E-state index in [1.54, 1.807) is 6.07 Å². The smallest absolute Gasteiger partial charge is 0.271 e. The summed E-state index contributed by atoms with van der Waals surface area (Å²) < 4.78 is 0. The highest BCUT2D eigenvalue weighted by molar-refractivity contribution is 6.33. The Morgan fingerprint density at radius 1 is 1.33 bits per heavy atom. The molecular weight excluding hydrogens is 252 g/mol. The van der Waals surface area contributed by atoms with Crippen LogP contribution in [0.3, 0.4) is 0 Å². The second-order valence-corrected chi connectivity index (χ2v) is 4.75. The number of rotatable bonds is 7. The fourth-order valence-corrected chi connectivity index (χ4v) is 2.17. The maximum Gasteiger partial charge on any atom is 0.271 e. The molecule has 1 aromatic rings. The number of nitro groups is 1. The molecular formula is C13H19ClN2O2. The molecule has 0 aromatic heterocycles. The van der Waals surface area contributed by atoms with E-state index in [0.29, 0.717) is 11.1 Å². The van der Waals surface area contributed by atoms with Crippen molar-refractivity contribution in [2.24, 2.45) is 0 Å². The van der Waals surface area contributed by atoms with Gasteiger partial charge in [-0.15, -0.1) is 0 Å². The van der Waals surface area contributed by atoms with Crippen molar-refractivity contribution in [2.45, 2.75) is 45.6 Å². The van der Waals surface area contributed by atoms with Gasteiger partial charge in [0.2, 0.25) is 0 Å². The van der Waals surface area contributed by atoms with Gasteiger partial charge in [-0.25, -0.2) is 0 Å². The maximum absolute atomic E-state index is 10.6. The average molecular weight is 271 g/mol. The van der Waals surface area contributed by atoms with Gasteiger partial charge in [-0.2, -0.15) is 0 Å². The molecule has 100 valence electrons. The zero-order valence-electron chi connectivity index (χ0n) is 10.8. The number of benzene rings is 1. The number of halogens is 1. The first-order valence-electron chi connectivity index (χ1n) is 6.29. The predicted octanol–water partition coefficient (Wildman–Crippen LogP) is 4.63. The summed E-state index contributed by atoms with van der Waals surface area (Å²) in [4.78, 5) is 10.2. The Balaban J connectivity index is 2.79. The van der Waals surface area contributed by atoms with Crippen molar-refractivity contribution in [1.29, 1.82) is 0 Å². The van der Waals surface area contributed by atoms with Crippen molar-refractivity contribution >= 4 is 23.0 Å². The normalized spacial score (nSPS) is 10.7. The summed E-state index contributed by atoms with van der Waals surface area (Å²) in [6, 6.07) is 4.92. The zero-order chi connectivity index (χ0) is 13.5. The molecule has 1 aromatic carbocycles. The number of non-ortho nitro benzene ring substituents is 1. The monoisotopic (exact) mass is 270 g/mol. The van der Waals surface area contributed by atoms with Crippen LogP contribution >= 0.6 is 11.6 Å². The van der Waals surface area contributed by atoms with Gasteiger partial charge in [-0.3, -0.25) is 10.1 Å². The molecule has 0 aliphatic carbocycles. The van der Waals surface area contributed by atoms with Crippen LogP contribution in [0.1, 0.15) is 39.5 Å². The summed E-state index contributed by atoms with van der Waals surface area (Å²) in [7, 11) is 0. The Labute approximate surface area is 112 Å². The molecule has 0 saturated heterocycles. The predicted molar refractivity (Wildman–Crippen MR) is 75.3 cm³/mol. The highest BCUT2D eigenvalue weighted by Crippen LogP contribution is 2.28. The Morgan fingerprint density at radius 2 is 1.94 bits per heavy atom. The minimum atomic E-state index is -0.439.